The summed E-state index contributed by atoms with van der Waals surface area (Å²) < 4.78 is 31.4. The molecule has 1 amide bonds. The van der Waals surface area contributed by atoms with Crippen LogP contribution in [0.5, 0.6) is 0 Å². The summed E-state index contributed by atoms with van der Waals surface area (Å²) in [6.45, 7) is 7.64. The van der Waals surface area contributed by atoms with E-state index in [1.165, 1.54) is 16.4 Å². The molecule has 0 aliphatic rings. The summed E-state index contributed by atoms with van der Waals surface area (Å²) in [5.41, 5.74) is 0.324. The van der Waals surface area contributed by atoms with Crippen molar-refractivity contribution in [2.45, 2.75) is 25.7 Å². The van der Waals surface area contributed by atoms with Gasteiger partial charge in [0.05, 0.1) is 11.5 Å². The lowest BCUT2D eigenvalue weighted by molar-refractivity contribution is 0.0922. The molecule has 1 aromatic rings. The van der Waals surface area contributed by atoms with Crippen molar-refractivity contribution in [2.75, 3.05) is 32.8 Å². The Morgan fingerprint density at radius 3 is 2.50 bits per heavy atom. The van der Waals surface area contributed by atoms with Gasteiger partial charge in [-0.15, -0.1) is 0 Å². The first-order valence-electron chi connectivity index (χ1n) is 7.43. The molecule has 0 aliphatic carbocycles. The minimum absolute atomic E-state index is 0.133. The van der Waals surface area contributed by atoms with E-state index in [4.69, 9.17) is 4.74 Å². The van der Waals surface area contributed by atoms with E-state index in [9.17, 15) is 13.2 Å². The van der Waals surface area contributed by atoms with Gasteiger partial charge in [0.15, 0.2) is 0 Å². The van der Waals surface area contributed by atoms with Crippen LogP contribution in [-0.4, -0.2) is 51.5 Å². The summed E-state index contributed by atoms with van der Waals surface area (Å²) in [5.74, 6) is -0.309. The number of rotatable bonds is 9. The molecule has 0 aromatic heterocycles. The van der Waals surface area contributed by atoms with Crippen LogP contribution in [0.4, 0.5) is 0 Å². The number of benzene rings is 1. The highest BCUT2D eigenvalue weighted by Crippen LogP contribution is 2.16. The first-order valence-corrected chi connectivity index (χ1v) is 8.87. The standard InChI is InChI=1S/C15H24N2O4S/c1-4-17(5-2)22(19,20)14-9-7-8-13(12-14)15(18)16-10-11-21-6-3/h7-9,12H,4-6,10-11H2,1-3H3,(H,16,18). The van der Waals surface area contributed by atoms with E-state index in [2.05, 4.69) is 5.32 Å². The average Bonchev–Trinajstić information content (AvgIpc) is 2.52. The number of nitrogens with zero attached hydrogens (tertiary/aromatic N) is 1. The van der Waals surface area contributed by atoms with Crippen molar-refractivity contribution in [2.24, 2.45) is 0 Å². The van der Waals surface area contributed by atoms with Crippen molar-refractivity contribution in [3.63, 3.8) is 0 Å². The molecule has 22 heavy (non-hydrogen) atoms. The van der Waals surface area contributed by atoms with E-state index < -0.39 is 10.0 Å². The molecule has 0 aliphatic heterocycles. The first-order chi connectivity index (χ1) is 10.5. The third-order valence-corrected chi connectivity index (χ3v) is 5.22. The number of nitrogens with one attached hydrogen (secondary N) is 1. The Morgan fingerprint density at radius 1 is 1.23 bits per heavy atom. The van der Waals surface area contributed by atoms with Gasteiger partial charge in [-0.1, -0.05) is 19.9 Å². The summed E-state index contributed by atoms with van der Waals surface area (Å²) in [7, 11) is -3.56. The normalized spacial score (nSPS) is 11.6. The zero-order valence-corrected chi connectivity index (χ0v) is 14.1. The highest BCUT2D eigenvalue weighted by Gasteiger charge is 2.22. The van der Waals surface area contributed by atoms with Gasteiger partial charge >= 0.3 is 0 Å². The van der Waals surface area contributed by atoms with Crippen molar-refractivity contribution < 1.29 is 17.9 Å². The van der Waals surface area contributed by atoms with E-state index in [1.807, 2.05) is 6.92 Å². The lowest BCUT2D eigenvalue weighted by atomic mass is 10.2. The Kier molecular flexibility index (Phi) is 7.50. The minimum atomic E-state index is -3.56. The number of carbonyl (C=O) groups excluding carboxylic acids is 1. The quantitative estimate of drug-likeness (QED) is 0.697. The highest BCUT2D eigenvalue weighted by molar-refractivity contribution is 7.89. The molecule has 0 saturated heterocycles. The van der Waals surface area contributed by atoms with Crippen LogP contribution in [-0.2, 0) is 14.8 Å². The second-order valence-corrected chi connectivity index (χ2v) is 6.51. The molecule has 0 fully saturated rings. The smallest absolute Gasteiger partial charge is 0.251 e. The van der Waals surface area contributed by atoms with Crippen LogP contribution in [0.1, 0.15) is 31.1 Å². The molecule has 0 bridgehead atoms. The largest absolute Gasteiger partial charge is 0.380 e. The second kappa shape index (κ2) is 8.87. The van der Waals surface area contributed by atoms with Crippen LogP contribution in [0.3, 0.4) is 0 Å². The van der Waals surface area contributed by atoms with Gasteiger partial charge in [0.1, 0.15) is 0 Å². The maximum absolute atomic E-state index is 12.4. The maximum atomic E-state index is 12.4. The zero-order valence-electron chi connectivity index (χ0n) is 13.3. The number of sulfonamides is 1. The number of hydrogen-bond acceptors (Lipinski definition) is 4. The van der Waals surface area contributed by atoms with Gasteiger partial charge in [-0.25, -0.2) is 8.42 Å². The van der Waals surface area contributed by atoms with Crippen molar-refractivity contribution in [3.8, 4) is 0 Å². The molecule has 6 nitrogen and oxygen atoms in total. The molecular formula is C15H24N2O4S. The predicted molar refractivity (Wildman–Crippen MR) is 85.4 cm³/mol. The molecule has 0 saturated carbocycles. The molecule has 0 radical (unpaired) electrons. The van der Waals surface area contributed by atoms with E-state index in [0.717, 1.165) is 0 Å². The average molecular weight is 328 g/mol. The van der Waals surface area contributed by atoms with Gasteiger partial charge in [-0.3, -0.25) is 4.79 Å². The molecule has 1 N–H and O–H groups in total. The van der Waals surface area contributed by atoms with Crippen LogP contribution in [0.15, 0.2) is 29.2 Å². The Morgan fingerprint density at radius 2 is 1.91 bits per heavy atom. The Bertz CT molecular complexity index is 583. The molecule has 124 valence electrons. The fraction of sp³-hybridized carbons (Fsp3) is 0.533. The summed E-state index contributed by atoms with van der Waals surface area (Å²) in [4.78, 5) is 12.2. The fourth-order valence-corrected chi connectivity index (χ4v) is 3.50. The number of hydrogen-bond donors (Lipinski definition) is 1. The summed E-state index contributed by atoms with van der Waals surface area (Å²) in [6, 6.07) is 6.08. The zero-order chi connectivity index (χ0) is 16.6. The van der Waals surface area contributed by atoms with E-state index in [1.54, 1.807) is 26.0 Å². The number of ether oxygens (including phenoxy) is 1. The first kappa shape index (κ1) is 18.6. The van der Waals surface area contributed by atoms with E-state index in [-0.39, 0.29) is 10.8 Å². The van der Waals surface area contributed by atoms with Gasteiger partial charge in [-0.05, 0) is 25.1 Å². The molecule has 0 spiro atoms. The van der Waals surface area contributed by atoms with E-state index >= 15 is 0 Å². The predicted octanol–water partition coefficient (Wildman–Crippen LogP) is 1.48. The van der Waals surface area contributed by atoms with Crippen LogP contribution in [0, 0.1) is 0 Å². The maximum Gasteiger partial charge on any atom is 0.251 e. The Hall–Kier alpha value is -1.44. The molecule has 0 unspecified atom stereocenters. The van der Waals surface area contributed by atoms with Gasteiger partial charge in [0, 0.05) is 31.8 Å². The van der Waals surface area contributed by atoms with Crippen molar-refractivity contribution in [3.05, 3.63) is 29.8 Å². The highest BCUT2D eigenvalue weighted by atomic mass is 32.2. The van der Waals surface area contributed by atoms with Gasteiger partial charge in [0.2, 0.25) is 10.0 Å². The van der Waals surface area contributed by atoms with Crippen LogP contribution >= 0.6 is 0 Å². The topological polar surface area (TPSA) is 75.7 Å². The second-order valence-electron chi connectivity index (χ2n) is 4.57. The number of carbonyl (C=O) groups is 1. The van der Waals surface area contributed by atoms with Gasteiger partial charge in [-0.2, -0.15) is 4.31 Å². The van der Waals surface area contributed by atoms with Gasteiger partial charge in [0.25, 0.3) is 5.91 Å². The minimum Gasteiger partial charge on any atom is -0.380 e. The fourth-order valence-electron chi connectivity index (χ4n) is 1.99. The third-order valence-electron chi connectivity index (χ3n) is 3.18. The summed E-state index contributed by atoms with van der Waals surface area (Å²) >= 11 is 0. The number of amides is 1. The summed E-state index contributed by atoms with van der Waals surface area (Å²) in [5, 5.41) is 2.70. The Balaban J connectivity index is 2.88. The van der Waals surface area contributed by atoms with Crippen LogP contribution in [0.2, 0.25) is 0 Å². The van der Waals surface area contributed by atoms with Crippen LogP contribution < -0.4 is 5.32 Å². The van der Waals surface area contributed by atoms with Crippen molar-refractivity contribution in [1.29, 1.82) is 0 Å². The van der Waals surface area contributed by atoms with E-state index in [0.29, 0.717) is 38.4 Å². The Labute approximate surface area is 132 Å². The molecule has 7 heteroatoms. The lowest BCUT2D eigenvalue weighted by Gasteiger charge is -2.18. The SMILES string of the molecule is CCOCCNC(=O)c1cccc(S(=O)(=O)N(CC)CC)c1. The van der Waals surface area contributed by atoms with Crippen molar-refractivity contribution >= 4 is 15.9 Å². The lowest BCUT2D eigenvalue weighted by Crippen LogP contribution is -2.31. The van der Waals surface area contributed by atoms with Crippen molar-refractivity contribution in [1.82, 2.24) is 9.62 Å². The van der Waals surface area contributed by atoms with Gasteiger partial charge < -0.3 is 10.1 Å². The van der Waals surface area contributed by atoms with Crippen LogP contribution in [0.25, 0.3) is 0 Å². The molecular weight excluding hydrogens is 304 g/mol. The molecule has 0 heterocycles. The third kappa shape index (κ3) is 4.79. The molecule has 1 aromatic carbocycles. The monoisotopic (exact) mass is 328 g/mol. The summed E-state index contributed by atoms with van der Waals surface area (Å²) in [6.07, 6.45) is 0. The molecule has 0 atom stereocenters. The molecule has 1 rings (SSSR count).